The number of carbonyl (C=O) groups is 1. The van der Waals surface area contributed by atoms with Crippen LogP contribution in [0.1, 0.15) is 43.7 Å². The number of benzene rings is 2. The second kappa shape index (κ2) is 11.5. The van der Waals surface area contributed by atoms with E-state index < -0.39 is 16.1 Å². The largest absolute Gasteiger partial charge is 0.492 e. The molecule has 1 heterocycles. The highest BCUT2D eigenvalue weighted by Gasteiger charge is 2.25. The van der Waals surface area contributed by atoms with E-state index >= 15 is 0 Å². The van der Waals surface area contributed by atoms with Crippen molar-refractivity contribution >= 4 is 15.9 Å². The molecular weight excluding hydrogens is 440 g/mol. The molecule has 1 aliphatic heterocycles. The van der Waals surface area contributed by atoms with E-state index in [1.807, 2.05) is 39.0 Å². The fourth-order valence-corrected chi connectivity index (χ4v) is 5.21. The van der Waals surface area contributed by atoms with Gasteiger partial charge in [0.2, 0.25) is 10.0 Å². The number of nitrogens with one attached hydrogen (secondary N) is 1. The molecule has 2 aromatic carbocycles. The number of nitrogens with zero attached hydrogens (tertiary/aromatic N) is 1. The summed E-state index contributed by atoms with van der Waals surface area (Å²) in [6.45, 7) is 7.68. The lowest BCUT2D eigenvalue weighted by atomic mass is 10.1. The molecule has 0 aliphatic carbocycles. The molecule has 8 heteroatoms. The van der Waals surface area contributed by atoms with E-state index in [2.05, 4.69) is 5.32 Å². The maximum Gasteiger partial charge on any atom is 0.261 e. The number of ether oxygens (including phenoxy) is 2. The second-order valence-electron chi connectivity index (χ2n) is 8.34. The highest BCUT2D eigenvalue weighted by molar-refractivity contribution is 7.89. The van der Waals surface area contributed by atoms with E-state index in [1.165, 1.54) is 5.56 Å². The summed E-state index contributed by atoms with van der Waals surface area (Å²) in [4.78, 5) is 12.8. The van der Waals surface area contributed by atoms with Crippen molar-refractivity contribution in [2.75, 3.05) is 26.2 Å². The number of aryl methyl sites for hydroxylation is 2. The standard InChI is InChI=1S/C25H34N2O5S/c1-4-24(32-22-9-8-19(2)20(3)18-22)25(28)26-14-17-31-21-10-12-23(13-11-21)33(29,30)27-15-6-5-7-16-27/h8-13,18,24H,4-7,14-17H2,1-3H3,(H,26,28)/t24-/m0/s1. The molecule has 1 fully saturated rings. The third-order valence-electron chi connectivity index (χ3n) is 5.87. The maximum absolute atomic E-state index is 12.7. The molecule has 2 aromatic rings. The van der Waals surface area contributed by atoms with Crippen LogP contribution in [0.15, 0.2) is 47.4 Å². The summed E-state index contributed by atoms with van der Waals surface area (Å²) in [6, 6.07) is 12.2. The van der Waals surface area contributed by atoms with Gasteiger partial charge in [0.15, 0.2) is 6.10 Å². The number of hydrogen-bond donors (Lipinski definition) is 1. The van der Waals surface area contributed by atoms with E-state index in [0.29, 0.717) is 37.6 Å². The Morgan fingerprint density at radius 1 is 1.00 bits per heavy atom. The Balaban J connectivity index is 1.45. The first-order valence-corrected chi connectivity index (χ1v) is 13.0. The topological polar surface area (TPSA) is 84.9 Å². The lowest BCUT2D eigenvalue weighted by molar-refractivity contribution is -0.128. The Bertz CT molecular complexity index is 1030. The summed E-state index contributed by atoms with van der Waals surface area (Å²) >= 11 is 0. The van der Waals surface area contributed by atoms with Crippen LogP contribution in [0.4, 0.5) is 0 Å². The van der Waals surface area contributed by atoms with Crippen molar-refractivity contribution in [2.45, 2.75) is 57.5 Å². The SMILES string of the molecule is CC[C@H](Oc1ccc(C)c(C)c1)C(=O)NCCOc1ccc(S(=O)(=O)N2CCCCC2)cc1. The summed E-state index contributed by atoms with van der Waals surface area (Å²) in [6.07, 6.45) is 2.85. The third-order valence-corrected chi connectivity index (χ3v) is 7.78. The minimum atomic E-state index is -3.45. The molecule has 0 unspecified atom stereocenters. The monoisotopic (exact) mass is 474 g/mol. The zero-order valence-corrected chi connectivity index (χ0v) is 20.5. The van der Waals surface area contributed by atoms with E-state index in [-0.39, 0.29) is 17.4 Å². The average molecular weight is 475 g/mol. The van der Waals surface area contributed by atoms with Crippen LogP contribution >= 0.6 is 0 Å². The zero-order chi connectivity index (χ0) is 23.8. The van der Waals surface area contributed by atoms with Gasteiger partial charge >= 0.3 is 0 Å². The Hall–Kier alpha value is -2.58. The van der Waals surface area contributed by atoms with Crippen molar-refractivity contribution in [1.82, 2.24) is 9.62 Å². The molecule has 7 nitrogen and oxygen atoms in total. The fourth-order valence-electron chi connectivity index (χ4n) is 3.69. The molecule has 180 valence electrons. The normalized spacial score (nSPS) is 15.6. The predicted octanol–water partition coefficient (Wildman–Crippen LogP) is 3.83. The first-order chi connectivity index (χ1) is 15.8. The molecule has 1 amide bonds. The highest BCUT2D eigenvalue weighted by Crippen LogP contribution is 2.23. The Morgan fingerprint density at radius 2 is 1.67 bits per heavy atom. The number of carbonyl (C=O) groups excluding carboxylic acids is 1. The number of amides is 1. The molecule has 0 aromatic heterocycles. The number of rotatable bonds is 10. The molecule has 1 saturated heterocycles. The van der Waals surface area contributed by atoms with Gasteiger partial charge in [-0.1, -0.05) is 19.4 Å². The molecule has 0 saturated carbocycles. The van der Waals surface area contributed by atoms with Crippen molar-refractivity contribution in [2.24, 2.45) is 0 Å². The van der Waals surface area contributed by atoms with Crippen LogP contribution in [0, 0.1) is 13.8 Å². The smallest absolute Gasteiger partial charge is 0.261 e. The van der Waals surface area contributed by atoms with Gasteiger partial charge in [-0.25, -0.2) is 8.42 Å². The number of hydrogen-bond acceptors (Lipinski definition) is 5. The van der Waals surface area contributed by atoms with E-state index in [1.54, 1.807) is 28.6 Å². The Kier molecular flexibility index (Phi) is 8.74. The summed E-state index contributed by atoms with van der Waals surface area (Å²) in [5.74, 6) is 1.04. The molecule has 1 atom stereocenters. The van der Waals surface area contributed by atoms with E-state index in [9.17, 15) is 13.2 Å². The summed E-state index contributed by atoms with van der Waals surface area (Å²) in [7, 11) is -3.45. The molecule has 3 rings (SSSR count). The summed E-state index contributed by atoms with van der Waals surface area (Å²) in [5.41, 5.74) is 2.29. The summed E-state index contributed by atoms with van der Waals surface area (Å²) < 4.78 is 38.5. The lowest BCUT2D eigenvalue weighted by Gasteiger charge is -2.25. The molecule has 33 heavy (non-hydrogen) atoms. The van der Waals surface area contributed by atoms with Gasteiger partial charge in [0.1, 0.15) is 18.1 Å². The molecule has 0 spiro atoms. The van der Waals surface area contributed by atoms with Crippen molar-refractivity contribution in [3.8, 4) is 11.5 Å². The van der Waals surface area contributed by atoms with E-state index in [0.717, 1.165) is 24.8 Å². The first kappa shape index (κ1) is 25.1. The van der Waals surface area contributed by atoms with Gasteiger partial charge in [-0.2, -0.15) is 4.31 Å². The minimum Gasteiger partial charge on any atom is -0.492 e. The van der Waals surface area contributed by atoms with Crippen LogP contribution in [-0.4, -0.2) is 51.0 Å². The van der Waals surface area contributed by atoms with Gasteiger partial charge in [-0.05, 0) is 80.6 Å². The fraction of sp³-hybridized carbons (Fsp3) is 0.480. The second-order valence-corrected chi connectivity index (χ2v) is 10.3. The lowest BCUT2D eigenvalue weighted by Crippen LogP contribution is -2.39. The predicted molar refractivity (Wildman–Crippen MR) is 128 cm³/mol. The van der Waals surface area contributed by atoms with Gasteiger partial charge < -0.3 is 14.8 Å². The zero-order valence-electron chi connectivity index (χ0n) is 19.7. The molecule has 0 bridgehead atoms. The van der Waals surface area contributed by atoms with Gasteiger partial charge in [-0.3, -0.25) is 4.79 Å². The quantitative estimate of drug-likeness (QED) is 0.529. The summed E-state index contributed by atoms with van der Waals surface area (Å²) in [5, 5.41) is 2.84. The van der Waals surface area contributed by atoms with Crippen LogP contribution in [0.25, 0.3) is 0 Å². The number of sulfonamides is 1. The van der Waals surface area contributed by atoms with Crippen LogP contribution in [0.3, 0.4) is 0 Å². The van der Waals surface area contributed by atoms with Crippen molar-refractivity contribution in [3.05, 3.63) is 53.6 Å². The highest BCUT2D eigenvalue weighted by atomic mass is 32.2. The maximum atomic E-state index is 12.7. The van der Waals surface area contributed by atoms with E-state index in [4.69, 9.17) is 9.47 Å². The average Bonchev–Trinajstić information content (AvgIpc) is 2.83. The Morgan fingerprint density at radius 3 is 2.30 bits per heavy atom. The molecular formula is C25H34N2O5S. The molecule has 0 radical (unpaired) electrons. The van der Waals surface area contributed by atoms with Gasteiger partial charge in [0.25, 0.3) is 5.91 Å². The van der Waals surface area contributed by atoms with Crippen molar-refractivity contribution in [1.29, 1.82) is 0 Å². The third kappa shape index (κ3) is 6.71. The Labute approximate surface area is 197 Å². The van der Waals surface area contributed by atoms with Crippen molar-refractivity contribution in [3.63, 3.8) is 0 Å². The molecule has 1 aliphatic rings. The van der Waals surface area contributed by atoms with Crippen LogP contribution in [0.5, 0.6) is 11.5 Å². The number of piperidine rings is 1. The van der Waals surface area contributed by atoms with Crippen LogP contribution in [-0.2, 0) is 14.8 Å². The van der Waals surface area contributed by atoms with Crippen molar-refractivity contribution < 1.29 is 22.7 Å². The molecule has 1 N–H and O–H groups in total. The van der Waals surface area contributed by atoms with Gasteiger partial charge in [0, 0.05) is 13.1 Å². The van der Waals surface area contributed by atoms with Gasteiger partial charge in [0.05, 0.1) is 11.4 Å². The van der Waals surface area contributed by atoms with Crippen LogP contribution < -0.4 is 14.8 Å². The van der Waals surface area contributed by atoms with Crippen LogP contribution in [0.2, 0.25) is 0 Å². The first-order valence-electron chi connectivity index (χ1n) is 11.6. The minimum absolute atomic E-state index is 0.192. The van der Waals surface area contributed by atoms with Gasteiger partial charge in [-0.15, -0.1) is 0 Å².